The summed E-state index contributed by atoms with van der Waals surface area (Å²) in [6.07, 6.45) is 1.48. The largest absolute Gasteiger partial charge is 0.481 e. The monoisotopic (exact) mass is 507 g/mol. The Morgan fingerprint density at radius 3 is 2.68 bits per heavy atom. The second-order valence-corrected chi connectivity index (χ2v) is 7.56. The van der Waals surface area contributed by atoms with Gasteiger partial charge in [0.05, 0.1) is 24.2 Å². The standard InChI is InChI=1S/C19H15Br2N3O4/c1-11-23-16-5-3-14(21)8-15(16)19(26)24(11)22-9-12-7-13(20)4-6-17(12)28-10-18(25)27-2/h3-9H,10H2,1-2H3. The van der Waals surface area contributed by atoms with Crippen LogP contribution in [-0.2, 0) is 9.53 Å². The highest BCUT2D eigenvalue weighted by Gasteiger charge is 2.10. The molecule has 1 aromatic heterocycles. The van der Waals surface area contributed by atoms with Crippen molar-refractivity contribution in [1.29, 1.82) is 0 Å². The van der Waals surface area contributed by atoms with E-state index in [2.05, 4.69) is 46.7 Å². The van der Waals surface area contributed by atoms with E-state index in [0.29, 0.717) is 28.0 Å². The van der Waals surface area contributed by atoms with Crippen molar-refractivity contribution in [1.82, 2.24) is 9.66 Å². The number of nitrogens with zero attached hydrogens (tertiary/aromatic N) is 3. The van der Waals surface area contributed by atoms with Crippen molar-refractivity contribution in [3.8, 4) is 5.75 Å². The van der Waals surface area contributed by atoms with Crippen molar-refractivity contribution >= 4 is 54.9 Å². The van der Waals surface area contributed by atoms with Crippen molar-refractivity contribution in [2.45, 2.75) is 6.92 Å². The van der Waals surface area contributed by atoms with Gasteiger partial charge in [0.1, 0.15) is 11.6 Å². The average molecular weight is 509 g/mol. The smallest absolute Gasteiger partial charge is 0.343 e. The zero-order chi connectivity index (χ0) is 20.3. The molecule has 0 spiro atoms. The lowest BCUT2D eigenvalue weighted by Gasteiger charge is -2.09. The molecule has 28 heavy (non-hydrogen) atoms. The van der Waals surface area contributed by atoms with Gasteiger partial charge in [-0.25, -0.2) is 9.78 Å². The molecule has 3 aromatic rings. The lowest BCUT2D eigenvalue weighted by molar-refractivity contribution is -0.142. The van der Waals surface area contributed by atoms with E-state index < -0.39 is 5.97 Å². The molecule has 0 radical (unpaired) electrons. The molecule has 0 aliphatic rings. The summed E-state index contributed by atoms with van der Waals surface area (Å²) in [5.41, 5.74) is 0.896. The van der Waals surface area contributed by atoms with Crippen molar-refractivity contribution in [2.24, 2.45) is 5.10 Å². The number of rotatable bonds is 5. The predicted octanol–water partition coefficient (Wildman–Crippen LogP) is 3.66. The number of esters is 1. The van der Waals surface area contributed by atoms with Gasteiger partial charge in [-0.1, -0.05) is 31.9 Å². The molecule has 144 valence electrons. The van der Waals surface area contributed by atoms with Gasteiger partial charge < -0.3 is 9.47 Å². The summed E-state index contributed by atoms with van der Waals surface area (Å²) < 4.78 is 12.9. The molecular weight excluding hydrogens is 494 g/mol. The summed E-state index contributed by atoms with van der Waals surface area (Å²) in [5, 5.41) is 4.74. The quantitative estimate of drug-likeness (QED) is 0.388. The maximum atomic E-state index is 12.8. The third kappa shape index (κ3) is 4.48. The zero-order valence-corrected chi connectivity index (χ0v) is 18.2. The van der Waals surface area contributed by atoms with Gasteiger partial charge in [-0.15, -0.1) is 0 Å². The fourth-order valence-corrected chi connectivity index (χ4v) is 3.20. The Balaban J connectivity index is 2.01. The highest BCUT2D eigenvalue weighted by Crippen LogP contribution is 2.22. The van der Waals surface area contributed by atoms with Crippen LogP contribution < -0.4 is 10.3 Å². The minimum atomic E-state index is -0.498. The van der Waals surface area contributed by atoms with Crippen LogP contribution in [0.15, 0.2) is 55.2 Å². The molecule has 0 saturated carbocycles. The first kappa shape index (κ1) is 20.2. The number of benzene rings is 2. The van der Waals surface area contributed by atoms with Gasteiger partial charge in [0.15, 0.2) is 6.61 Å². The molecule has 3 rings (SSSR count). The molecule has 9 heteroatoms. The van der Waals surface area contributed by atoms with E-state index in [-0.39, 0.29) is 12.2 Å². The first-order valence-electron chi connectivity index (χ1n) is 8.11. The number of fused-ring (bicyclic) bond motifs is 1. The van der Waals surface area contributed by atoms with Crippen LogP contribution in [0.1, 0.15) is 11.4 Å². The van der Waals surface area contributed by atoms with Crippen LogP contribution in [0, 0.1) is 6.92 Å². The minimum Gasteiger partial charge on any atom is -0.481 e. The number of carbonyl (C=O) groups excluding carboxylic acids is 1. The van der Waals surface area contributed by atoms with Crippen LogP contribution >= 0.6 is 31.9 Å². The van der Waals surface area contributed by atoms with Crippen molar-refractivity contribution in [3.05, 3.63) is 67.1 Å². The van der Waals surface area contributed by atoms with Crippen LogP contribution in [-0.4, -0.2) is 35.6 Å². The molecule has 0 fully saturated rings. The van der Waals surface area contributed by atoms with Gasteiger partial charge in [0, 0.05) is 14.5 Å². The van der Waals surface area contributed by atoms with Crippen molar-refractivity contribution in [3.63, 3.8) is 0 Å². The molecule has 1 heterocycles. The average Bonchev–Trinajstić information content (AvgIpc) is 2.67. The summed E-state index contributed by atoms with van der Waals surface area (Å²) in [6.45, 7) is 1.47. The Kier molecular flexibility index (Phi) is 6.25. The minimum absolute atomic E-state index is 0.233. The fraction of sp³-hybridized carbons (Fsp3) is 0.158. The first-order chi connectivity index (χ1) is 13.4. The SMILES string of the molecule is COC(=O)COc1ccc(Br)cc1C=Nn1c(C)nc2ccc(Br)cc2c1=O. The molecular formula is C19H15Br2N3O4. The molecule has 0 aliphatic heterocycles. The van der Waals surface area contributed by atoms with E-state index in [4.69, 9.17) is 4.74 Å². The van der Waals surface area contributed by atoms with Crippen LogP contribution in [0.25, 0.3) is 10.9 Å². The number of aryl methyl sites for hydroxylation is 1. The van der Waals surface area contributed by atoms with Crippen LogP contribution in [0.4, 0.5) is 0 Å². The van der Waals surface area contributed by atoms with Crippen LogP contribution in [0.5, 0.6) is 5.75 Å². The summed E-state index contributed by atoms with van der Waals surface area (Å²) in [5.74, 6) is 0.379. The number of methoxy groups -OCH3 is 1. The Morgan fingerprint density at radius 2 is 1.93 bits per heavy atom. The van der Waals surface area contributed by atoms with Gasteiger partial charge in [0.2, 0.25) is 0 Å². The molecule has 0 bridgehead atoms. The third-order valence-corrected chi connectivity index (χ3v) is 4.81. The normalized spacial score (nSPS) is 11.1. The van der Waals surface area contributed by atoms with Gasteiger partial charge in [-0.3, -0.25) is 4.79 Å². The molecule has 0 aliphatic carbocycles. The topological polar surface area (TPSA) is 82.8 Å². The number of ether oxygens (including phenoxy) is 2. The number of hydrogen-bond acceptors (Lipinski definition) is 6. The molecule has 0 N–H and O–H groups in total. The number of halogens is 2. The van der Waals surface area contributed by atoms with Crippen molar-refractivity contribution < 1.29 is 14.3 Å². The lowest BCUT2D eigenvalue weighted by Crippen LogP contribution is -2.20. The van der Waals surface area contributed by atoms with Crippen LogP contribution in [0.2, 0.25) is 0 Å². The maximum absolute atomic E-state index is 12.8. The molecule has 2 aromatic carbocycles. The molecule has 7 nitrogen and oxygen atoms in total. The zero-order valence-electron chi connectivity index (χ0n) is 15.0. The molecule has 0 saturated heterocycles. The predicted molar refractivity (Wildman–Crippen MR) is 113 cm³/mol. The summed E-state index contributed by atoms with van der Waals surface area (Å²) >= 11 is 6.75. The van der Waals surface area contributed by atoms with E-state index in [9.17, 15) is 9.59 Å². The summed E-state index contributed by atoms with van der Waals surface area (Å²) in [4.78, 5) is 28.6. The van der Waals surface area contributed by atoms with E-state index in [1.165, 1.54) is 18.0 Å². The fourth-order valence-electron chi connectivity index (χ4n) is 2.46. The highest BCUT2D eigenvalue weighted by molar-refractivity contribution is 9.10. The maximum Gasteiger partial charge on any atom is 0.343 e. The Bertz CT molecular complexity index is 1140. The van der Waals surface area contributed by atoms with Crippen LogP contribution in [0.3, 0.4) is 0 Å². The second-order valence-electron chi connectivity index (χ2n) is 5.73. The Labute approximate surface area is 177 Å². The van der Waals surface area contributed by atoms with Crippen molar-refractivity contribution in [2.75, 3.05) is 13.7 Å². The first-order valence-corrected chi connectivity index (χ1v) is 9.70. The molecule has 0 amide bonds. The third-order valence-electron chi connectivity index (χ3n) is 3.83. The van der Waals surface area contributed by atoms with E-state index in [0.717, 1.165) is 8.95 Å². The molecule has 0 unspecified atom stereocenters. The van der Waals surface area contributed by atoms with Gasteiger partial charge in [0.25, 0.3) is 5.56 Å². The Morgan fingerprint density at radius 1 is 1.21 bits per heavy atom. The second kappa shape index (κ2) is 8.66. The van der Waals surface area contributed by atoms with E-state index in [1.807, 2.05) is 6.07 Å². The molecule has 0 atom stereocenters. The van der Waals surface area contributed by atoms with Gasteiger partial charge in [-0.2, -0.15) is 9.78 Å². The lowest BCUT2D eigenvalue weighted by atomic mass is 10.2. The Hall–Kier alpha value is -2.52. The number of carbonyl (C=O) groups is 1. The number of hydrogen-bond donors (Lipinski definition) is 0. The summed E-state index contributed by atoms with van der Waals surface area (Å²) in [6, 6.07) is 10.5. The van der Waals surface area contributed by atoms with E-state index >= 15 is 0 Å². The van der Waals surface area contributed by atoms with Gasteiger partial charge >= 0.3 is 5.97 Å². The summed E-state index contributed by atoms with van der Waals surface area (Å²) in [7, 11) is 1.29. The van der Waals surface area contributed by atoms with E-state index in [1.54, 1.807) is 37.3 Å². The number of aromatic nitrogens is 2. The highest BCUT2D eigenvalue weighted by atomic mass is 79.9. The van der Waals surface area contributed by atoms with Gasteiger partial charge in [-0.05, 0) is 43.3 Å².